The molecule has 0 aliphatic rings. The summed E-state index contributed by atoms with van der Waals surface area (Å²) in [6.45, 7) is 10.5. The molecule has 200 valence electrons. The van der Waals surface area contributed by atoms with Gasteiger partial charge >= 0.3 is 12.1 Å². The van der Waals surface area contributed by atoms with Gasteiger partial charge in [-0.1, -0.05) is 24.3 Å². The number of halogens is 3. The average Bonchev–Trinajstić information content (AvgIpc) is 3.08. The van der Waals surface area contributed by atoms with Crippen LogP contribution in [-0.4, -0.2) is 39.9 Å². The molecular weight excluding hydrogens is 483 g/mol. The number of aromatic nitrogens is 2. The molecule has 0 fully saturated rings. The van der Waals surface area contributed by atoms with E-state index in [1.807, 2.05) is 46.1 Å². The van der Waals surface area contributed by atoms with Gasteiger partial charge in [-0.05, 0) is 76.6 Å². The van der Waals surface area contributed by atoms with Crippen LogP contribution in [0.25, 0.3) is 11.3 Å². The zero-order valence-electron chi connectivity index (χ0n) is 22.4. The summed E-state index contributed by atoms with van der Waals surface area (Å²) in [4.78, 5) is 14.3. The predicted molar refractivity (Wildman–Crippen MR) is 136 cm³/mol. The predicted octanol–water partition coefficient (Wildman–Crippen LogP) is 6.08. The fourth-order valence-electron chi connectivity index (χ4n) is 4.15. The lowest BCUT2D eigenvalue weighted by Gasteiger charge is -2.25. The Bertz CT molecular complexity index is 1250. The first-order valence-electron chi connectivity index (χ1n) is 12.1. The van der Waals surface area contributed by atoms with Gasteiger partial charge < -0.3 is 9.47 Å². The molecule has 0 saturated heterocycles. The summed E-state index contributed by atoms with van der Waals surface area (Å²) in [7, 11) is 3.83. The van der Waals surface area contributed by atoms with Gasteiger partial charge in [0.2, 0.25) is 0 Å². The highest BCUT2D eigenvalue weighted by Crippen LogP contribution is 2.32. The number of esters is 1. The molecule has 1 aromatic heterocycles. The summed E-state index contributed by atoms with van der Waals surface area (Å²) in [6.07, 6.45) is -4.37. The lowest BCUT2D eigenvalue weighted by Crippen LogP contribution is -2.39. The third-order valence-electron chi connectivity index (χ3n) is 6.16. The van der Waals surface area contributed by atoms with Crippen molar-refractivity contribution in [3.05, 3.63) is 70.4 Å². The monoisotopic (exact) mass is 517 g/mol. The second-order valence-corrected chi connectivity index (χ2v) is 9.72. The first kappa shape index (κ1) is 28.2. The largest absolute Gasteiger partial charge is 0.476 e. The van der Waals surface area contributed by atoms with E-state index in [9.17, 15) is 18.0 Å². The van der Waals surface area contributed by atoms with Crippen molar-refractivity contribution in [1.29, 1.82) is 0 Å². The Morgan fingerprint density at radius 3 is 2.27 bits per heavy atom. The lowest BCUT2D eigenvalue weighted by atomic mass is 10.0. The molecule has 3 aromatic rings. The molecule has 0 saturated carbocycles. The van der Waals surface area contributed by atoms with Crippen LogP contribution >= 0.6 is 0 Å². The Balaban J connectivity index is 1.71. The van der Waals surface area contributed by atoms with Crippen LogP contribution in [0.2, 0.25) is 0 Å². The highest BCUT2D eigenvalue weighted by molar-refractivity contribution is 5.79. The van der Waals surface area contributed by atoms with Crippen molar-refractivity contribution in [2.24, 2.45) is 7.05 Å². The van der Waals surface area contributed by atoms with Crippen LogP contribution in [-0.2, 0) is 35.8 Å². The highest BCUT2D eigenvalue weighted by Gasteiger charge is 2.32. The van der Waals surface area contributed by atoms with Crippen molar-refractivity contribution < 1.29 is 27.4 Å². The Hall–Kier alpha value is -3.33. The Kier molecular flexibility index (Phi) is 8.37. The molecule has 6 nitrogen and oxygen atoms in total. The van der Waals surface area contributed by atoms with Gasteiger partial charge in [0.1, 0.15) is 5.75 Å². The van der Waals surface area contributed by atoms with E-state index in [0.717, 1.165) is 34.5 Å². The first-order chi connectivity index (χ1) is 17.2. The molecule has 0 bridgehead atoms. The lowest BCUT2D eigenvalue weighted by molar-refractivity contribution is -0.158. The molecule has 0 aliphatic carbocycles. The van der Waals surface area contributed by atoms with Crippen molar-refractivity contribution in [3.8, 4) is 17.0 Å². The van der Waals surface area contributed by atoms with Crippen molar-refractivity contribution in [1.82, 2.24) is 14.7 Å². The number of nitrogens with zero attached hydrogens (tertiary/aromatic N) is 3. The SMILES string of the molecule is CCOC(=O)C(C)(C)Oc1ccc(CN(C)Cc2c(C)c(-c3ccc(C(F)(F)F)cc3)nn2C)cc1C. The summed E-state index contributed by atoms with van der Waals surface area (Å²) in [5.41, 5.74) is 3.42. The Morgan fingerprint density at radius 1 is 1.05 bits per heavy atom. The molecule has 0 aliphatic heterocycles. The third kappa shape index (κ3) is 6.71. The van der Waals surface area contributed by atoms with Crippen LogP contribution in [0.4, 0.5) is 13.2 Å². The molecular formula is C28H34F3N3O3. The van der Waals surface area contributed by atoms with Crippen LogP contribution in [0, 0.1) is 13.8 Å². The highest BCUT2D eigenvalue weighted by atomic mass is 19.4. The summed E-state index contributed by atoms with van der Waals surface area (Å²) in [5, 5.41) is 4.57. The molecule has 0 N–H and O–H groups in total. The summed E-state index contributed by atoms with van der Waals surface area (Å²) in [6, 6.07) is 10.9. The molecule has 3 rings (SSSR count). The summed E-state index contributed by atoms with van der Waals surface area (Å²) >= 11 is 0. The number of aryl methyl sites for hydroxylation is 2. The number of ether oxygens (including phenoxy) is 2. The number of benzene rings is 2. The van der Waals surface area contributed by atoms with Gasteiger partial charge in [-0.25, -0.2) is 4.79 Å². The van der Waals surface area contributed by atoms with E-state index in [1.54, 1.807) is 25.5 Å². The average molecular weight is 518 g/mol. The van der Waals surface area contributed by atoms with Gasteiger partial charge in [0.25, 0.3) is 0 Å². The van der Waals surface area contributed by atoms with Gasteiger partial charge in [0.05, 0.1) is 23.6 Å². The smallest absolute Gasteiger partial charge is 0.416 e. The van der Waals surface area contributed by atoms with Crippen LogP contribution in [0.3, 0.4) is 0 Å². The maximum atomic E-state index is 12.9. The first-order valence-corrected chi connectivity index (χ1v) is 12.1. The minimum Gasteiger partial charge on any atom is -0.476 e. The number of carbonyl (C=O) groups excluding carboxylic acids is 1. The van der Waals surface area contributed by atoms with Crippen molar-refractivity contribution >= 4 is 5.97 Å². The molecule has 0 amide bonds. The Morgan fingerprint density at radius 2 is 1.70 bits per heavy atom. The second kappa shape index (κ2) is 11.0. The minimum atomic E-state index is -4.37. The van der Waals surface area contributed by atoms with E-state index in [4.69, 9.17) is 9.47 Å². The molecule has 2 aromatic carbocycles. The maximum Gasteiger partial charge on any atom is 0.416 e. The maximum absolute atomic E-state index is 12.9. The number of hydrogen-bond donors (Lipinski definition) is 0. The van der Waals surface area contributed by atoms with Crippen molar-refractivity contribution in [2.75, 3.05) is 13.7 Å². The minimum absolute atomic E-state index is 0.290. The summed E-state index contributed by atoms with van der Waals surface area (Å²) in [5.74, 6) is 0.202. The Labute approximate surface area is 216 Å². The fraction of sp³-hybridized carbons (Fsp3) is 0.429. The van der Waals surface area contributed by atoms with Crippen molar-refractivity contribution in [2.45, 2.75) is 59.5 Å². The molecule has 0 unspecified atom stereocenters. The molecule has 0 spiro atoms. The number of hydrogen-bond acceptors (Lipinski definition) is 5. The molecule has 37 heavy (non-hydrogen) atoms. The van der Waals surface area contributed by atoms with Crippen LogP contribution < -0.4 is 4.74 Å². The van der Waals surface area contributed by atoms with E-state index in [-0.39, 0.29) is 6.61 Å². The van der Waals surface area contributed by atoms with E-state index in [1.165, 1.54) is 12.1 Å². The van der Waals surface area contributed by atoms with Crippen LogP contribution in [0.1, 0.15) is 48.7 Å². The number of alkyl halides is 3. The van der Waals surface area contributed by atoms with E-state index in [0.29, 0.717) is 30.1 Å². The van der Waals surface area contributed by atoms with Gasteiger partial charge in [0, 0.05) is 25.7 Å². The zero-order valence-corrected chi connectivity index (χ0v) is 22.4. The normalized spacial score (nSPS) is 12.2. The quantitative estimate of drug-likeness (QED) is 0.322. The summed E-state index contributed by atoms with van der Waals surface area (Å²) < 4.78 is 51.6. The topological polar surface area (TPSA) is 56.6 Å². The van der Waals surface area contributed by atoms with Crippen molar-refractivity contribution in [3.63, 3.8) is 0 Å². The van der Waals surface area contributed by atoms with Crippen LogP contribution in [0.5, 0.6) is 5.75 Å². The molecule has 9 heteroatoms. The second-order valence-electron chi connectivity index (χ2n) is 9.72. The molecule has 0 radical (unpaired) electrons. The molecule has 1 heterocycles. The zero-order chi connectivity index (χ0) is 27.5. The number of carbonyl (C=O) groups is 1. The standard InChI is InChI=1S/C28H34F3N3O3/c1-8-36-26(35)27(4,5)37-24-14-9-20(15-18(24)2)16-33(6)17-23-19(3)25(32-34(23)7)21-10-12-22(13-11-21)28(29,30)31/h9-15H,8,16-17H2,1-7H3. The fourth-order valence-corrected chi connectivity index (χ4v) is 4.15. The molecule has 0 atom stereocenters. The van der Waals surface area contributed by atoms with Gasteiger partial charge in [-0.2, -0.15) is 18.3 Å². The van der Waals surface area contributed by atoms with Gasteiger partial charge in [-0.3, -0.25) is 9.58 Å². The van der Waals surface area contributed by atoms with Gasteiger partial charge in [-0.15, -0.1) is 0 Å². The van der Waals surface area contributed by atoms with E-state index in [2.05, 4.69) is 10.00 Å². The van der Waals surface area contributed by atoms with E-state index >= 15 is 0 Å². The third-order valence-corrected chi connectivity index (χ3v) is 6.16. The number of rotatable bonds is 9. The van der Waals surface area contributed by atoms with E-state index < -0.39 is 23.3 Å². The van der Waals surface area contributed by atoms with Crippen LogP contribution in [0.15, 0.2) is 42.5 Å². The van der Waals surface area contributed by atoms with Gasteiger partial charge in [0.15, 0.2) is 5.60 Å².